The van der Waals surface area contributed by atoms with E-state index in [4.69, 9.17) is 0 Å². The molecule has 0 spiro atoms. The third-order valence-electron chi connectivity index (χ3n) is 2.82. The molecule has 0 saturated carbocycles. The van der Waals surface area contributed by atoms with Crippen LogP contribution >= 0.6 is 0 Å². The fraction of sp³-hybridized carbons (Fsp3) is 0.231. The second kappa shape index (κ2) is 4.41. The Labute approximate surface area is 98.6 Å². The standard InChI is InChI=1S/C13H14N2O2/c1-3-10-8-11(5-4-9(10)2)15-7-6-12(16)14-13(15)17/h4-8H,3H2,1-2H3,(H,14,16,17). The zero-order chi connectivity index (χ0) is 12.4. The number of aromatic nitrogens is 2. The summed E-state index contributed by atoms with van der Waals surface area (Å²) in [6.07, 6.45) is 2.41. The Kier molecular flexibility index (Phi) is 2.95. The summed E-state index contributed by atoms with van der Waals surface area (Å²) < 4.78 is 1.43. The zero-order valence-corrected chi connectivity index (χ0v) is 9.86. The molecule has 2 rings (SSSR count). The SMILES string of the molecule is CCc1cc(-n2ccc(=O)[nH]c2=O)ccc1C. The minimum Gasteiger partial charge on any atom is -0.274 e. The van der Waals surface area contributed by atoms with E-state index in [1.165, 1.54) is 28.0 Å². The first-order chi connectivity index (χ1) is 8.11. The minimum absolute atomic E-state index is 0.380. The van der Waals surface area contributed by atoms with Gasteiger partial charge in [-0.2, -0.15) is 0 Å². The van der Waals surface area contributed by atoms with Crippen LogP contribution in [0.4, 0.5) is 0 Å². The van der Waals surface area contributed by atoms with Crippen molar-refractivity contribution in [2.24, 2.45) is 0 Å². The quantitative estimate of drug-likeness (QED) is 0.847. The molecular formula is C13H14N2O2. The Hall–Kier alpha value is -2.10. The Bertz CT molecular complexity index is 653. The van der Waals surface area contributed by atoms with Crippen molar-refractivity contribution in [1.29, 1.82) is 0 Å². The van der Waals surface area contributed by atoms with Crippen LogP contribution in [-0.4, -0.2) is 9.55 Å². The molecule has 88 valence electrons. The smallest absolute Gasteiger partial charge is 0.274 e. The normalized spacial score (nSPS) is 10.5. The van der Waals surface area contributed by atoms with Gasteiger partial charge in [-0.05, 0) is 36.6 Å². The highest BCUT2D eigenvalue weighted by Crippen LogP contribution is 2.13. The fourth-order valence-electron chi connectivity index (χ4n) is 1.81. The number of hydrogen-bond donors (Lipinski definition) is 1. The van der Waals surface area contributed by atoms with Gasteiger partial charge in [-0.15, -0.1) is 0 Å². The van der Waals surface area contributed by atoms with Crippen molar-refractivity contribution in [2.75, 3.05) is 0 Å². The molecule has 4 nitrogen and oxygen atoms in total. The van der Waals surface area contributed by atoms with Crippen LogP contribution in [-0.2, 0) is 6.42 Å². The van der Waals surface area contributed by atoms with Crippen LogP contribution in [0.5, 0.6) is 0 Å². The van der Waals surface area contributed by atoms with Gasteiger partial charge >= 0.3 is 5.69 Å². The summed E-state index contributed by atoms with van der Waals surface area (Å²) >= 11 is 0. The van der Waals surface area contributed by atoms with Gasteiger partial charge in [-0.3, -0.25) is 14.3 Å². The first kappa shape index (κ1) is 11.4. The van der Waals surface area contributed by atoms with Crippen LogP contribution in [0.2, 0.25) is 0 Å². The van der Waals surface area contributed by atoms with E-state index in [1.807, 2.05) is 25.1 Å². The van der Waals surface area contributed by atoms with Gasteiger partial charge in [0, 0.05) is 12.3 Å². The van der Waals surface area contributed by atoms with Gasteiger partial charge in [0.05, 0.1) is 5.69 Å². The van der Waals surface area contributed by atoms with Crippen LogP contribution in [0.1, 0.15) is 18.1 Å². The van der Waals surface area contributed by atoms with Crippen molar-refractivity contribution in [3.8, 4) is 5.69 Å². The van der Waals surface area contributed by atoms with Gasteiger partial charge in [0.1, 0.15) is 0 Å². The Morgan fingerprint density at radius 2 is 2.00 bits per heavy atom. The number of aryl methyl sites for hydroxylation is 2. The van der Waals surface area contributed by atoms with Crippen molar-refractivity contribution in [1.82, 2.24) is 9.55 Å². The highest BCUT2D eigenvalue weighted by atomic mass is 16.2. The van der Waals surface area contributed by atoms with Crippen molar-refractivity contribution < 1.29 is 0 Å². The molecule has 1 aromatic carbocycles. The molecule has 0 bridgehead atoms. The third-order valence-corrected chi connectivity index (χ3v) is 2.82. The number of benzene rings is 1. The van der Waals surface area contributed by atoms with Gasteiger partial charge in [0.25, 0.3) is 5.56 Å². The van der Waals surface area contributed by atoms with Gasteiger partial charge < -0.3 is 0 Å². The first-order valence-corrected chi connectivity index (χ1v) is 5.53. The Morgan fingerprint density at radius 1 is 1.24 bits per heavy atom. The lowest BCUT2D eigenvalue weighted by atomic mass is 10.1. The summed E-state index contributed by atoms with van der Waals surface area (Å²) in [7, 11) is 0. The monoisotopic (exact) mass is 230 g/mol. The van der Waals surface area contributed by atoms with E-state index in [1.54, 1.807) is 0 Å². The van der Waals surface area contributed by atoms with E-state index >= 15 is 0 Å². The summed E-state index contributed by atoms with van der Waals surface area (Å²) in [4.78, 5) is 24.9. The minimum atomic E-state index is -0.414. The molecule has 0 aliphatic rings. The molecule has 0 aliphatic heterocycles. The summed E-state index contributed by atoms with van der Waals surface area (Å²) in [5.74, 6) is 0. The van der Waals surface area contributed by atoms with Crippen molar-refractivity contribution in [2.45, 2.75) is 20.3 Å². The lowest BCUT2D eigenvalue weighted by Gasteiger charge is -2.08. The highest BCUT2D eigenvalue weighted by Gasteiger charge is 2.02. The maximum Gasteiger partial charge on any atom is 0.332 e. The average molecular weight is 230 g/mol. The predicted octanol–water partition coefficient (Wildman–Crippen LogP) is 1.40. The van der Waals surface area contributed by atoms with E-state index < -0.39 is 5.69 Å². The van der Waals surface area contributed by atoms with Crippen LogP contribution in [0.15, 0.2) is 40.1 Å². The van der Waals surface area contributed by atoms with Crippen molar-refractivity contribution >= 4 is 0 Å². The molecule has 0 atom stereocenters. The summed E-state index contributed by atoms with van der Waals surface area (Å²) in [5, 5.41) is 0. The van der Waals surface area contributed by atoms with Crippen LogP contribution in [0.3, 0.4) is 0 Å². The molecule has 1 heterocycles. The van der Waals surface area contributed by atoms with Crippen LogP contribution < -0.4 is 11.2 Å². The summed E-state index contributed by atoms with van der Waals surface area (Å²) in [6, 6.07) is 7.15. The second-order valence-electron chi connectivity index (χ2n) is 3.94. The number of H-pyrrole nitrogens is 1. The van der Waals surface area contributed by atoms with E-state index in [0.717, 1.165) is 12.1 Å². The van der Waals surface area contributed by atoms with Crippen LogP contribution in [0, 0.1) is 6.92 Å². The molecule has 2 aromatic rings. The largest absolute Gasteiger partial charge is 0.332 e. The Morgan fingerprint density at radius 3 is 2.65 bits per heavy atom. The maximum atomic E-state index is 11.6. The van der Waals surface area contributed by atoms with Gasteiger partial charge in [-0.25, -0.2) is 4.79 Å². The van der Waals surface area contributed by atoms with Gasteiger partial charge in [0.15, 0.2) is 0 Å². The van der Waals surface area contributed by atoms with Gasteiger partial charge in [-0.1, -0.05) is 13.0 Å². The summed E-state index contributed by atoms with van der Waals surface area (Å²) in [6.45, 7) is 4.11. The highest BCUT2D eigenvalue weighted by molar-refractivity contribution is 5.40. The molecular weight excluding hydrogens is 216 g/mol. The third kappa shape index (κ3) is 2.20. The molecule has 0 fully saturated rings. The van der Waals surface area contributed by atoms with Gasteiger partial charge in [0.2, 0.25) is 0 Å². The van der Waals surface area contributed by atoms with Crippen molar-refractivity contribution in [3.05, 3.63) is 62.4 Å². The molecule has 0 aliphatic carbocycles. The van der Waals surface area contributed by atoms with E-state index in [0.29, 0.717) is 0 Å². The molecule has 17 heavy (non-hydrogen) atoms. The lowest BCUT2D eigenvalue weighted by Crippen LogP contribution is -2.27. The number of nitrogens with one attached hydrogen (secondary N) is 1. The first-order valence-electron chi connectivity index (χ1n) is 5.53. The fourth-order valence-corrected chi connectivity index (χ4v) is 1.81. The molecule has 4 heteroatoms. The predicted molar refractivity (Wildman–Crippen MR) is 66.8 cm³/mol. The number of nitrogens with zero attached hydrogens (tertiary/aromatic N) is 1. The molecule has 0 unspecified atom stereocenters. The molecule has 0 amide bonds. The average Bonchev–Trinajstić information content (AvgIpc) is 2.30. The maximum absolute atomic E-state index is 11.6. The molecule has 0 radical (unpaired) electrons. The molecule has 1 aromatic heterocycles. The van der Waals surface area contributed by atoms with E-state index in [9.17, 15) is 9.59 Å². The van der Waals surface area contributed by atoms with Crippen LogP contribution in [0.25, 0.3) is 5.69 Å². The Balaban J connectivity index is 2.61. The molecule has 0 saturated heterocycles. The van der Waals surface area contributed by atoms with Crippen molar-refractivity contribution in [3.63, 3.8) is 0 Å². The number of hydrogen-bond acceptors (Lipinski definition) is 2. The van der Waals surface area contributed by atoms with E-state index in [-0.39, 0.29) is 5.56 Å². The second-order valence-corrected chi connectivity index (χ2v) is 3.94. The number of aromatic amines is 1. The molecule has 1 N–H and O–H groups in total. The lowest BCUT2D eigenvalue weighted by molar-refractivity contribution is 0.892. The van der Waals surface area contributed by atoms with E-state index in [2.05, 4.69) is 11.9 Å². The topological polar surface area (TPSA) is 54.9 Å². The zero-order valence-electron chi connectivity index (χ0n) is 9.86. The number of rotatable bonds is 2. The summed E-state index contributed by atoms with van der Waals surface area (Å²) in [5.41, 5.74) is 2.38.